The number of benzene rings is 2. The molecule has 0 bridgehead atoms. The summed E-state index contributed by atoms with van der Waals surface area (Å²) in [4.78, 5) is 12.2. The molecule has 1 heterocycles. The topological polar surface area (TPSA) is 54.9 Å². The van der Waals surface area contributed by atoms with Gasteiger partial charge in [-0.2, -0.15) is 0 Å². The number of carbonyl (C=O) groups is 1. The van der Waals surface area contributed by atoms with Crippen molar-refractivity contribution in [3.8, 4) is 0 Å². The third kappa shape index (κ3) is 4.97. The maximum atomic E-state index is 12.9. The molecule has 0 spiro atoms. The molecule has 0 atom stereocenters. The fourth-order valence-electron chi connectivity index (χ4n) is 2.04. The minimum atomic E-state index is -0.355. The Hall–Kier alpha value is -2.09. The third-order valence-electron chi connectivity index (χ3n) is 3.35. The predicted molar refractivity (Wildman–Crippen MR) is 105 cm³/mol. The van der Waals surface area contributed by atoms with E-state index in [1.165, 1.54) is 12.1 Å². The van der Waals surface area contributed by atoms with Crippen molar-refractivity contribution < 1.29 is 9.18 Å². The quantitative estimate of drug-likeness (QED) is 0.585. The highest BCUT2D eigenvalue weighted by atomic mass is 79.9. The molecule has 0 unspecified atom stereocenters. The monoisotopic (exact) mass is 451 g/mol. The van der Waals surface area contributed by atoms with Gasteiger partial charge in [-0.1, -0.05) is 63.1 Å². The first-order valence-corrected chi connectivity index (χ1v) is 9.49. The SMILES string of the molecule is O=C(NCc1ccc(F)cc1)c1nnc(/C(Cl)=C/c2ccc(Br)cc2)s1. The molecule has 3 rings (SSSR count). The summed E-state index contributed by atoms with van der Waals surface area (Å²) in [6.45, 7) is 0.274. The van der Waals surface area contributed by atoms with E-state index >= 15 is 0 Å². The minimum absolute atomic E-state index is 0.212. The normalized spacial score (nSPS) is 11.4. The second kappa shape index (κ2) is 8.53. The van der Waals surface area contributed by atoms with Gasteiger partial charge in [0, 0.05) is 11.0 Å². The number of rotatable bonds is 5. The maximum Gasteiger partial charge on any atom is 0.282 e. The van der Waals surface area contributed by atoms with Gasteiger partial charge in [0.1, 0.15) is 5.82 Å². The zero-order chi connectivity index (χ0) is 18.5. The van der Waals surface area contributed by atoms with Gasteiger partial charge in [-0.25, -0.2) is 4.39 Å². The van der Waals surface area contributed by atoms with Crippen molar-refractivity contribution in [2.75, 3.05) is 0 Å². The van der Waals surface area contributed by atoms with Gasteiger partial charge in [-0.15, -0.1) is 10.2 Å². The smallest absolute Gasteiger partial charge is 0.282 e. The Bertz CT molecular complexity index is 942. The Morgan fingerprint density at radius 1 is 1.12 bits per heavy atom. The second-order valence-corrected chi connectivity index (χ2v) is 7.57. The van der Waals surface area contributed by atoms with Crippen LogP contribution in [-0.2, 0) is 6.54 Å². The molecule has 1 amide bonds. The maximum absolute atomic E-state index is 12.9. The van der Waals surface area contributed by atoms with E-state index in [2.05, 4.69) is 31.4 Å². The first-order chi connectivity index (χ1) is 12.5. The zero-order valence-electron chi connectivity index (χ0n) is 13.2. The number of hydrogen-bond donors (Lipinski definition) is 1. The van der Waals surface area contributed by atoms with E-state index in [-0.39, 0.29) is 23.3 Å². The van der Waals surface area contributed by atoms with Crippen LogP contribution in [0.5, 0.6) is 0 Å². The van der Waals surface area contributed by atoms with Crippen LogP contribution >= 0.6 is 38.9 Å². The standard InChI is InChI=1S/C18H12BrClFN3OS/c19-13-5-1-11(2-6-13)9-15(20)17-23-24-18(26-17)16(25)22-10-12-3-7-14(21)8-4-12/h1-9H,10H2,(H,22,25)/b15-9-. The minimum Gasteiger partial charge on any atom is -0.346 e. The molecule has 0 saturated carbocycles. The van der Waals surface area contributed by atoms with E-state index in [4.69, 9.17) is 11.6 Å². The lowest BCUT2D eigenvalue weighted by atomic mass is 10.2. The average Bonchev–Trinajstić information content (AvgIpc) is 3.13. The second-order valence-electron chi connectivity index (χ2n) is 5.27. The molecule has 3 aromatic rings. The van der Waals surface area contributed by atoms with Crippen LogP contribution in [0.2, 0.25) is 0 Å². The lowest BCUT2D eigenvalue weighted by Crippen LogP contribution is -2.22. The van der Waals surface area contributed by atoms with Crippen molar-refractivity contribution in [1.29, 1.82) is 0 Å². The molecular formula is C18H12BrClFN3OS. The van der Waals surface area contributed by atoms with Gasteiger partial charge in [-0.3, -0.25) is 4.79 Å². The molecule has 2 aromatic carbocycles. The Morgan fingerprint density at radius 2 is 1.77 bits per heavy atom. The van der Waals surface area contributed by atoms with Gasteiger partial charge in [0.05, 0.1) is 5.03 Å². The number of hydrogen-bond acceptors (Lipinski definition) is 4. The molecule has 132 valence electrons. The van der Waals surface area contributed by atoms with Crippen LogP contribution in [0.1, 0.15) is 25.9 Å². The summed E-state index contributed by atoms with van der Waals surface area (Å²) in [5, 5.41) is 11.6. The fourth-order valence-corrected chi connectivity index (χ4v) is 3.25. The average molecular weight is 453 g/mol. The summed E-state index contributed by atoms with van der Waals surface area (Å²) >= 11 is 10.8. The van der Waals surface area contributed by atoms with Crippen LogP contribution in [-0.4, -0.2) is 16.1 Å². The first kappa shape index (κ1) is 18.7. The van der Waals surface area contributed by atoms with Gasteiger partial charge in [0.15, 0.2) is 5.01 Å². The summed E-state index contributed by atoms with van der Waals surface area (Å²) in [6, 6.07) is 13.5. The zero-order valence-corrected chi connectivity index (χ0v) is 16.4. The highest BCUT2D eigenvalue weighted by molar-refractivity contribution is 9.10. The van der Waals surface area contributed by atoms with Crippen molar-refractivity contribution in [3.05, 3.63) is 80.0 Å². The largest absolute Gasteiger partial charge is 0.346 e. The van der Waals surface area contributed by atoms with Crippen molar-refractivity contribution in [1.82, 2.24) is 15.5 Å². The Morgan fingerprint density at radius 3 is 2.46 bits per heavy atom. The van der Waals surface area contributed by atoms with Crippen LogP contribution < -0.4 is 5.32 Å². The van der Waals surface area contributed by atoms with Gasteiger partial charge < -0.3 is 5.32 Å². The molecule has 8 heteroatoms. The van der Waals surface area contributed by atoms with E-state index < -0.39 is 0 Å². The fraction of sp³-hybridized carbons (Fsp3) is 0.0556. The molecule has 1 aromatic heterocycles. The van der Waals surface area contributed by atoms with Crippen LogP contribution in [0.15, 0.2) is 53.0 Å². The third-order valence-corrected chi connectivity index (χ3v) is 5.24. The molecule has 0 aliphatic heterocycles. The molecule has 0 fully saturated rings. The van der Waals surface area contributed by atoms with E-state index in [0.717, 1.165) is 26.9 Å². The summed E-state index contributed by atoms with van der Waals surface area (Å²) in [7, 11) is 0. The molecule has 4 nitrogen and oxygen atoms in total. The van der Waals surface area contributed by atoms with Crippen molar-refractivity contribution in [2.45, 2.75) is 6.54 Å². The summed E-state index contributed by atoms with van der Waals surface area (Å²) < 4.78 is 13.9. The molecule has 0 radical (unpaired) electrons. The summed E-state index contributed by atoms with van der Waals surface area (Å²) in [6.07, 6.45) is 1.76. The molecule has 0 saturated heterocycles. The van der Waals surface area contributed by atoms with E-state index in [9.17, 15) is 9.18 Å². The molecular weight excluding hydrogens is 441 g/mol. The van der Waals surface area contributed by atoms with Crippen LogP contribution in [0.4, 0.5) is 4.39 Å². The van der Waals surface area contributed by atoms with Gasteiger partial charge in [0.2, 0.25) is 5.01 Å². The number of nitrogens with zero attached hydrogens (tertiary/aromatic N) is 2. The Balaban J connectivity index is 1.65. The summed E-state index contributed by atoms with van der Waals surface area (Å²) in [5.74, 6) is -0.674. The number of halogens is 3. The Labute approximate surface area is 166 Å². The van der Waals surface area contributed by atoms with E-state index in [0.29, 0.717) is 10.0 Å². The van der Waals surface area contributed by atoms with Crippen molar-refractivity contribution in [3.63, 3.8) is 0 Å². The Kier molecular flexibility index (Phi) is 6.13. The first-order valence-electron chi connectivity index (χ1n) is 7.50. The molecule has 26 heavy (non-hydrogen) atoms. The van der Waals surface area contributed by atoms with Crippen molar-refractivity contribution in [2.24, 2.45) is 0 Å². The highest BCUT2D eigenvalue weighted by Gasteiger charge is 2.14. The molecule has 0 aliphatic rings. The van der Waals surface area contributed by atoms with Gasteiger partial charge >= 0.3 is 0 Å². The van der Waals surface area contributed by atoms with Crippen LogP contribution in [0.3, 0.4) is 0 Å². The van der Waals surface area contributed by atoms with E-state index in [1.807, 2.05) is 24.3 Å². The predicted octanol–water partition coefficient (Wildman–Crippen LogP) is 5.11. The highest BCUT2D eigenvalue weighted by Crippen LogP contribution is 2.25. The number of nitrogens with one attached hydrogen (secondary N) is 1. The molecule has 1 N–H and O–H groups in total. The van der Waals surface area contributed by atoms with Crippen LogP contribution in [0, 0.1) is 5.82 Å². The van der Waals surface area contributed by atoms with Crippen molar-refractivity contribution >= 4 is 55.9 Å². The number of carbonyl (C=O) groups excluding carboxylic acids is 1. The van der Waals surface area contributed by atoms with E-state index in [1.54, 1.807) is 18.2 Å². The van der Waals surface area contributed by atoms with Gasteiger partial charge in [0.25, 0.3) is 5.91 Å². The lowest BCUT2D eigenvalue weighted by molar-refractivity contribution is 0.0950. The van der Waals surface area contributed by atoms with Gasteiger partial charge in [-0.05, 0) is 41.5 Å². The van der Waals surface area contributed by atoms with Crippen LogP contribution in [0.25, 0.3) is 11.1 Å². The number of amides is 1. The summed E-state index contributed by atoms with van der Waals surface area (Å²) in [5.41, 5.74) is 1.70. The lowest BCUT2D eigenvalue weighted by Gasteiger charge is -2.02. The number of aromatic nitrogens is 2. The molecule has 0 aliphatic carbocycles.